The lowest BCUT2D eigenvalue weighted by atomic mass is 9.94. The van der Waals surface area contributed by atoms with Gasteiger partial charge in [0.2, 0.25) is 0 Å². The molecule has 0 radical (unpaired) electrons. The molecular formula is C18H24O5. The monoisotopic (exact) mass is 320 g/mol. The molecule has 2 atom stereocenters. The normalized spacial score (nSPS) is 21.0. The molecule has 0 spiro atoms. The van der Waals surface area contributed by atoms with Crippen molar-refractivity contribution in [3.05, 3.63) is 34.9 Å². The zero-order valence-corrected chi connectivity index (χ0v) is 13.7. The van der Waals surface area contributed by atoms with Gasteiger partial charge < -0.3 is 19.0 Å². The average molecular weight is 320 g/mol. The van der Waals surface area contributed by atoms with Crippen molar-refractivity contribution in [2.24, 2.45) is 0 Å². The molecule has 0 aromatic heterocycles. The van der Waals surface area contributed by atoms with E-state index in [2.05, 4.69) is 0 Å². The number of hydrogen-bond acceptors (Lipinski definition) is 5. The maximum atomic E-state index is 11.9. The number of methoxy groups -OCH3 is 1. The topological polar surface area (TPSA) is 61.8 Å². The molecule has 0 aliphatic heterocycles. The Bertz CT molecular complexity index is 540. The molecule has 1 aliphatic rings. The highest BCUT2D eigenvalue weighted by atomic mass is 16.5. The third kappa shape index (κ3) is 4.88. The molecule has 1 aromatic carbocycles. The minimum Gasteiger partial charge on any atom is -0.465 e. The first-order valence-corrected chi connectivity index (χ1v) is 7.99. The Morgan fingerprint density at radius 1 is 1.26 bits per heavy atom. The van der Waals surface area contributed by atoms with Crippen molar-refractivity contribution in [1.29, 1.82) is 0 Å². The van der Waals surface area contributed by atoms with Gasteiger partial charge in [0.05, 0.1) is 31.5 Å². The summed E-state index contributed by atoms with van der Waals surface area (Å²) in [5, 5.41) is 0. The highest BCUT2D eigenvalue weighted by Crippen LogP contribution is 2.25. The number of hydrogen-bond donors (Lipinski definition) is 0. The first-order valence-electron chi connectivity index (χ1n) is 7.99. The van der Waals surface area contributed by atoms with Gasteiger partial charge >= 0.3 is 5.97 Å². The molecule has 2 rings (SSSR count). The first-order chi connectivity index (χ1) is 11.2. The standard InChI is InChI=1S/C18H24O5/c1-13-5-3-6-14(17(13)18(20)21-2)12-23-16-8-4-7-15(11-16)22-10-9-19/h3,5-6,9,15-16H,4,7-8,10-12H2,1-2H3/t15-,16+/m1/s1. The summed E-state index contributed by atoms with van der Waals surface area (Å²) in [5.41, 5.74) is 2.31. The smallest absolute Gasteiger partial charge is 0.338 e. The van der Waals surface area contributed by atoms with Gasteiger partial charge in [0, 0.05) is 0 Å². The molecule has 0 amide bonds. The van der Waals surface area contributed by atoms with Crippen LogP contribution in [0.1, 0.15) is 47.2 Å². The van der Waals surface area contributed by atoms with Crippen molar-refractivity contribution in [3.63, 3.8) is 0 Å². The Morgan fingerprint density at radius 3 is 2.70 bits per heavy atom. The van der Waals surface area contributed by atoms with Crippen LogP contribution in [-0.2, 0) is 25.6 Å². The minimum atomic E-state index is -0.336. The van der Waals surface area contributed by atoms with Crippen LogP contribution in [0.25, 0.3) is 0 Å². The highest BCUT2D eigenvalue weighted by molar-refractivity contribution is 5.92. The molecule has 1 fully saturated rings. The molecule has 0 N–H and O–H groups in total. The van der Waals surface area contributed by atoms with Crippen molar-refractivity contribution in [1.82, 2.24) is 0 Å². The van der Waals surface area contributed by atoms with Crippen molar-refractivity contribution < 1.29 is 23.8 Å². The third-order valence-electron chi connectivity index (χ3n) is 4.20. The summed E-state index contributed by atoms with van der Waals surface area (Å²) < 4.78 is 16.3. The number of aldehydes is 1. The van der Waals surface area contributed by atoms with Gasteiger partial charge in [-0.05, 0) is 43.7 Å². The van der Waals surface area contributed by atoms with Crippen molar-refractivity contribution in [2.45, 2.75) is 51.4 Å². The number of carbonyl (C=O) groups is 2. The number of ether oxygens (including phenoxy) is 3. The van der Waals surface area contributed by atoms with Crippen LogP contribution in [0, 0.1) is 6.92 Å². The van der Waals surface area contributed by atoms with Crippen LogP contribution in [0.15, 0.2) is 18.2 Å². The van der Waals surface area contributed by atoms with E-state index in [0.717, 1.165) is 43.1 Å². The molecular weight excluding hydrogens is 296 g/mol. The van der Waals surface area contributed by atoms with E-state index in [1.807, 2.05) is 25.1 Å². The summed E-state index contributed by atoms with van der Waals surface area (Å²) in [6.07, 6.45) is 4.69. The number of carbonyl (C=O) groups excluding carboxylic acids is 2. The Hall–Kier alpha value is -1.72. The number of aryl methyl sites for hydroxylation is 1. The molecule has 1 aliphatic carbocycles. The van der Waals surface area contributed by atoms with Gasteiger partial charge in [-0.25, -0.2) is 4.79 Å². The summed E-state index contributed by atoms with van der Waals surface area (Å²) in [6.45, 7) is 2.40. The summed E-state index contributed by atoms with van der Waals surface area (Å²) in [7, 11) is 1.38. The van der Waals surface area contributed by atoms with Gasteiger partial charge in [-0.15, -0.1) is 0 Å². The SMILES string of the molecule is COC(=O)c1c(C)cccc1CO[C@H]1CCC[C@@H](OCC=O)C1. The van der Waals surface area contributed by atoms with E-state index in [1.165, 1.54) is 7.11 Å². The number of rotatable bonds is 7. The largest absolute Gasteiger partial charge is 0.465 e. The second-order valence-electron chi connectivity index (χ2n) is 5.82. The fraction of sp³-hybridized carbons (Fsp3) is 0.556. The van der Waals surface area contributed by atoms with Crippen molar-refractivity contribution >= 4 is 12.3 Å². The lowest BCUT2D eigenvalue weighted by molar-refractivity contribution is -0.116. The number of esters is 1. The fourth-order valence-corrected chi connectivity index (χ4v) is 3.03. The van der Waals surface area contributed by atoms with E-state index in [0.29, 0.717) is 12.2 Å². The van der Waals surface area contributed by atoms with Crippen LogP contribution in [0.4, 0.5) is 0 Å². The van der Waals surface area contributed by atoms with E-state index >= 15 is 0 Å². The van der Waals surface area contributed by atoms with Crippen LogP contribution in [-0.4, -0.2) is 38.2 Å². The van der Waals surface area contributed by atoms with E-state index in [-0.39, 0.29) is 24.8 Å². The summed E-state index contributed by atoms with van der Waals surface area (Å²) in [5.74, 6) is -0.336. The van der Waals surface area contributed by atoms with Gasteiger partial charge in [0.15, 0.2) is 0 Å². The molecule has 1 aromatic rings. The second kappa shape index (κ2) is 8.79. The van der Waals surface area contributed by atoms with Crippen LogP contribution >= 0.6 is 0 Å². The Kier molecular flexibility index (Phi) is 6.74. The lowest BCUT2D eigenvalue weighted by Crippen LogP contribution is -2.28. The lowest BCUT2D eigenvalue weighted by Gasteiger charge is -2.29. The fourth-order valence-electron chi connectivity index (χ4n) is 3.03. The second-order valence-corrected chi connectivity index (χ2v) is 5.82. The molecule has 5 heteroatoms. The predicted octanol–water partition coefficient (Wildman–Crippen LogP) is 2.82. The van der Waals surface area contributed by atoms with Crippen LogP contribution in [0.2, 0.25) is 0 Å². The molecule has 1 saturated carbocycles. The average Bonchev–Trinajstić information content (AvgIpc) is 2.58. The zero-order valence-electron chi connectivity index (χ0n) is 13.7. The van der Waals surface area contributed by atoms with E-state index in [1.54, 1.807) is 0 Å². The van der Waals surface area contributed by atoms with Crippen molar-refractivity contribution in [3.8, 4) is 0 Å². The molecule has 23 heavy (non-hydrogen) atoms. The maximum absolute atomic E-state index is 11.9. The van der Waals surface area contributed by atoms with E-state index in [4.69, 9.17) is 14.2 Å². The Morgan fingerprint density at radius 2 is 2.00 bits per heavy atom. The van der Waals surface area contributed by atoms with E-state index < -0.39 is 0 Å². The Labute approximate surface area is 136 Å². The Balaban J connectivity index is 1.96. The predicted molar refractivity (Wildman–Crippen MR) is 85.4 cm³/mol. The zero-order chi connectivity index (χ0) is 16.7. The van der Waals surface area contributed by atoms with Crippen LogP contribution < -0.4 is 0 Å². The van der Waals surface area contributed by atoms with Gasteiger partial charge in [-0.1, -0.05) is 18.2 Å². The van der Waals surface area contributed by atoms with Crippen molar-refractivity contribution in [2.75, 3.05) is 13.7 Å². The van der Waals surface area contributed by atoms with Gasteiger partial charge in [0.1, 0.15) is 12.9 Å². The third-order valence-corrected chi connectivity index (χ3v) is 4.20. The molecule has 0 unspecified atom stereocenters. The molecule has 0 heterocycles. The molecule has 126 valence electrons. The van der Waals surface area contributed by atoms with Gasteiger partial charge in [0.25, 0.3) is 0 Å². The van der Waals surface area contributed by atoms with Gasteiger partial charge in [-0.2, -0.15) is 0 Å². The quantitative estimate of drug-likeness (QED) is 0.571. The summed E-state index contributed by atoms with van der Waals surface area (Å²) >= 11 is 0. The molecule has 0 bridgehead atoms. The summed E-state index contributed by atoms with van der Waals surface area (Å²) in [6, 6.07) is 5.69. The number of benzene rings is 1. The van der Waals surface area contributed by atoms with Crippen LogP contribution in [0.3, 0.4) is 0 Å². The first kappa shape index (κ1) is 17.6. The molecule has 5 nitrogen and oxygen atoms in total. The van der Waals surface area contributed by atoms with E-state index in [9.17, 15) is 9.59 Å². The minimum absolute atomic E-state index is 0.0801. The van der Waals surface area contributed by atoms with Crippen LogP contribution in [0.5, 0.6) is 0 Å². The van der Waals surface area contributed by atoms with Gasteiger partial charge in [-0.3, -0.25) is 0 Å². The highest BCUT2D eigenvalue weighted by Gasteiger charge is 2.24. The summed E-state index contributed by atoms with van der Waals surface area (Å²) in [4.78, 5) is 22.3. The molecule has 0 saturated heterocycles. The maximum Gasteiger partial charge on any atom is 0.338 e.